The summed E-state index contributed by atoms with van der Waals surface area (Å²) in [4.78, 5) is 12.7. The van der Waals surface area contributed by atoms with E-state index in [-0.39, 0.29) is 0 Å². The molecule has 4 rings (SSSR count). The lowest BCUT2D eigenvalue weighted by atomic mass is 10.2. The zero-order valence-corrected chi connectivity index (χ0v) is 11.9. The van der Waals surface area contributed by atoms with Crippen LogP contribution in [0.3, 0.4) is 0 Å². The number of para-hydroxylation sites is 2. The summed E-state index contributed by atoms with van der Waals surface area (Å²) in [5.41, 5.74) is 3.31. The normalized spacial score (nSPS) is 18.9. The van der Waals surface area contributed by atoms with Crippen LogP contribution in [0.15, 0.2) is 29.6 Å². The maximum atomic E-state index is 4.75. The number of nitrogens with one attached hydrogen (secondary N) is 2. The fourth-order valence-corrected chi connectivity index (χ4v) is 3.59. The molecule has 0 bridgehead atoms. The quantitative estimate of drug-likeness (QED) is 0.777. The fourth-order valence-electron chi connectivity index (χ4n) is 2.74. The monoisotopic (exact) mass is 284 g/mol. The van der Waals surface area contributed by atoms with Crippen LogP contribution in [0.5, 0.6) is 0 Å². The fraction of sp³-hybridized carbons (Fsp3) is 0.333. The molecule has 2 aromatic heterocycles. The van der Waals surface area contributed by atoms with Gasteiger partial charge >= 0.3 is 0 Å². The second-order valence-electron chi connectivity index (χ2n) is 5.19. The SMILES string of the molecule is c1ccc2[nH]c(Cc3nc([C@@H]4CCCN4)cs3)nc2c1. The molecule has 0 unspecified atom stereocenters. The third-order valence-electron chi connectivity index (χ3n) is 3.74. The van der Waals surface area contributed by atoms with Crippen molar-refractivity contribution in [3.8, 4) is 0 Å². The third-order valence-corrected chi connectivity index (χ3v) is 4.61. The average Bonchev–Trinajstić information content (AvgIpc) is 3.18. The smallest absolute Gasteiger partial charge is 0.114 e. The van der Waals surface area contributed by atoms with Crippen LogP contribution in [0, 0.1) is 0 Å². The summed E-state index contributed by atoms with van der Waals surface area (Å²) >= 11 is 1.73. The van der Waals surface area contributed by atoms with Crippen LogP contribution in [0.2, 0.25) is 0 Å². The summed E-state index contributed by atoms with van der Waals surface area (Å²) in [6.07, 6.45) is 3.24. The first-order valence-corrected chi connectivity index (χ1v) is 7.88. The van der Waals surface area contributed by atoms with Crippen molar-refractivity contribution in [2.75, 3.05) is 6.54 Å². The molecule has 102 valence electrons. The van der Waals surface area contributed by atoms with E-state index < -0.39 is 0 Å². The first-order valence-electron chi connectivity index (χ1n) is 7.00. The van der Waals surface area contributed by atoms with E-state index in [4.69, 9.17) is 4.98 Å². The number of aromatic amines is 1. The predicted octanol–water partition coefficient (Wildman–Crippen LogP) is 3.03. The summed E-state index contributed by atoms with van der Waals surface area (Å²) in [5, 5.41) is 6.81. The van der Waals surface area contributed by atoms with Gasteiger partial charge in [-0.05, 0) is 31.5 Å². The van der Waals surface area contributed by atoms with E-state index in [2.05, 4.69) is 26.7 Å². The van der Waals surface area contributed by atoms with Crippen molar-refractivity contribution in [3.05, 3.63) is 46.2 Å². The van der Waals surface area contributed by atoms with E-state index in [1.807, 2.05) is 18.2 Å². The summed E-state index contributed by atoms with van der Waals surface area (Å²) in [7, 11) is 0. The Morgan fingerprint density at radius 3 is 3.05 bits per heavy atom. The van der Waals surface area contributed by atoms with Gasteiger partial charge in [-0.15, -0.1) is 11.3 Å². The predicted molar refractivity (Wildman–Crippen MR) is 81.0 cm³/mol. The first-order chi connectivity index (χ1) is 9.88. The molecular formula is C15H16N4S. The highest BCUT2D eigenvalue weighted by Gasteiger charge is 2.19. The van der Waals surface area contributed by atoms with E-state index in [0.29, 0.717) is 6.04 Å². The number of hydrogen-bond acceptors (Lipinski definition) is 4. The van der Waals surface area contributed by atoms with Gasteiger partial charge in [0.2, 0.25) is 0 Å². The largest absolute Gasteiger partial charge is 0.342 e. The van der Waals surface area contributed by atoms with Gasteiger partial charge in [0.05, 0.1) is 29.2 Å². The molecule has 1 aliphatic rings. The van der Waals surface area contributed by atoms with Crippen molar-refractivity contribution in [3.63, 3.8) is 0 Å². The summed E-state index contributed by atoms with van der Waals surface area (Å²) in [6.45, 7) is 1.11. The van der Waals surface area contributed by atoms with Gasteiger partial charge in [-0.2, -0.15) is 0 Å². The van der Waals surface area contributed by atoms with Crippen LogP contribution in [0.25, 0.3) is 11.0 Å². The van der Waals surface area contributed by atoms with Crippen LogP contribution in [-0.2, 0) is 6.42 Å². The molecule has 0 spiro atoms. The zero-order valence-electron chi connectivity index (χ0n) is 11.1. The molecule has 1 aliphatic heterocycles. The maximum absolute atomic E-state index is 4.75. The van der Waals surface area contributed by atoms with Crippen molar-refractivity contribution >= 4 is 22.4 Å². The minimum Gasteiger partial charge on any atom is -0.342 e. The Morgan fingerprint density at radius 2 is 2.20 bits per heavy atom. The van der Waals surface area contributed by atoms with Crippen molar-refractivity contribution in [1.82, 2.24) is 20.3 Å². The molecule has 4 nitrogen and oxygen atoms in total. The highest BCUT2D eigenvalue weighted by Crippen LogP contribution is 2.25. The Balaban J connectivity index is 1.56. The number of rotatable bonds is 3. The Labute approximate surface area is 121 Å². The van der Waals surface area contributed by atoms with Gasteiger partial charge in [-0.1, -0.05) is 12.1 Å². The number of benzene rings is 1. The van der Waals surface area contributed by atoms with Gasteiger partial charge in [0.15, 0.2) is 0 Å². The second kappa shape index (κ2) is 5.00. The highest BCUT2D eigenvalue weighted by atomic mass is 32.1. The van der Waals surface area contributed by atoms with Crippen LogP contribution >= 0.6 is 11.3 Å². The molecule has 0 amide bonds. The second-order valence-corrected chi connectivity index (χ2v) is 6.14. The molecule has 1 atom stereocenters. The molecule has 1 fully saturated rings. The summed E-state index contributed by atoms with van der Waals surface area (Å²) < 4.78 is 0. The molecule has 5 heteroatoms. The van der Waals surface area contributed by atoms with Gasteiger partial charge < -0.3 is 10.3 Å². The number of fused-ring (bicyclic) bond motifs is 1. The number of imidazole rings is 1. The lowest BCUT2D eigenvalue weighted by Crippen LogP contribution is -2.13. The topological polar surface area (TPSA) is 53.6 Å². The Morgan fingerprint density at radius 1 is 1.25 bits per heavy atom. The standard InChI is InChI=1S/C15H16N4S/c1-2-5-12-11(4-1)17-14(18-12)8-15-19-13(9-20-15)10-6-3-7-16-10/h1-2,4-5,9-10,16H,3,6-8H2,(H,17,18)/t10-/m0/s1. The van der Waals surface area contributed by atoms with Gasteiger partial charge in [0.1, 0.15) is 10.8 Å². The molecule has 2 N–H and O–H groups in total. The minimum atomic E-state index is 0.454. The number of nitrogens with zero attached hydrogens (tertiary/aromatic N) is 2. The first kappa shape index (κ1) is 12.1. The minimum absolute atomic E-state index is 0.454. The van der Waals surface area contributed by atoms with Gasteiger partial charge in [0.25, 0.3) is 0 Å². The van der Waals surface area contributed by atoms with Crippen molar-refractivity contribution < 1.29 is 0 Å². The third kappa shape index (κ3) is 2.23. The lowest BCUT2D eigenvalue weighted by Gasteiger charge is -2.04. The number of H-pyrrole nitrogens is 1. The van der Waals surface area contributed by atoms with E-state index in [1.54, 1.807) is 11.3 Å². The molecule has 3 aromatic rings. The molecule has 0 saturated carbocycles. The van der Waals surface area contributed by atoms with E-state index in [9.17, 15) is 0 Å². The van der Waals surface area contributed by atoms with Crippen molar-refractivity contribution in [2.45, 2.75) is 25.3 Å². The van der Waals surface area contributed by atoms with Crippen molar-refractivity contribution in [1.29, 1.82) is 0 Å². The summed E-state index contributed by atoms with van der Waals surface area (Å²) in [6, 6.07) is 8.58. The Bertz CT molecular complexity index is 691. The van der Waals surface area contributed by atoms with E-state index in [0.717, 1.165) is 34.8 Å². The lowest BCUT2D eigenvalue weighted by molar-refractivity contribution is 0.630. The van der Waals surface area contributed by atoms with Crippen LogP contribution in [-0.4, -0.2) is 21.5 Å². The molecule has 3 heterocycles. The molecular weight excluding hydrogens is 268 g/mol. The van der Waals surface area contributed by atoms with Crippen LogP contribution in [0.4, 0.5) is 0 Å². The number of aromatic nitrogens is 3. The zero-order chi connectivity index (χ0) is 13.4. The summed E-state index contributed by atoms with van der Waals surface area (Å²) in [5.74, 6) is 0.992. The molecule has 0 radical (unpaired) electrons. The molecule has 20 heavy (non-hydrogen) atoms. The van der Waals surface area contributed by atoms with Crippen molar-refractivity contribution in [2.24, 2.45) is 0 Å². The number of hydrogen-bond donors (Lipinski definition) is 2. The Kier molecular flexibility index (Phi) is 3.01. The number of thiazole rings is 1. The van der Waals surface area contributed by atoms with Gasteiger partial charge in [-0.3, -0.25) is 0 Å². The highest BCUT2D eigenvalue weighted by molar-refractivity contribution is 7.09. The van der Waals surface area contributed by atoms with Crippen LogP contribution < -0.4 is 5.32 Å². The average molecular weight is 284 g/mol. The van der Waals surface area contributed by atoms with Crippen LogP contribution in [0.1, 0.15) is 35.4 Å². The van der Waals surface area contributed by atoms with E-state index in [1.165, 1.54) is 18.5 Å². The maximum Gasteiger partial charge on any atom is 0.114 e. The molecule has 1 saturated heterocycles. The van der Waals surface area contributed by atoms with Gasteiger partial charge in [-0.25, -0.2) is 9.97 Å². The molecule has 0 aliphatic carbocycles. The molecule has 1 aromatic carbocycles. The van der Waals surface area contributed by atoms with E-state index >= 15 is 0 Å². The van der Waals surface area contributed by atoms with Gasteiger partial charge in [0, 0.05) is 5.38 Å². The Hall–Kier alpha value is -1.72.